The summed E-state index contributed by atoms with van der Waals surface area (Å²) in [5.41, 5.74) is 2.27. The fourth-order valence-electron chi connectivity index (χ4n) is 3.41. The van der Waals surface area contributed by atoms with Crippen molar-refractivity contribution < 1.29 is 4.79 Å². The highest BCUT2D eigenvalue weighted by Gasteiger charge is 2.21. The van der Waals surface area contributed by atoms with Gasteiger partial charge in [0.05, 0.1) is 6.54 Å². The summed E-state index contributed by atoms with van der Waals surface area (Å²) in [5.74, 6) is 0.968. The molecular weight excluding hydrogens is 352 g/mol. The number of piperazine rings is 1. The van der Waals surface area contributed by atoms with Gasteiger partial charge in [-0.05, 0) is 29.3 Å². The van der Waals surface area contributed by atoms with E-state index in [1.54, 1.807) is 12.4 Å². The molecule has 2 aromatic heterocycles. The van der Waals surface area contributed by atoms with Gasteiger partial charge < -0.3 is 15.1 Å². The maximum absolute atomic E-state index is 12.6. The average Bonchev–Trinajstić information content (AvgIpc) is 3.27. The van der Waals surface area contributed by atoms with E-state index in [4.69, 9.17) is 0 Å². The number of urea groups is 1. The van der Waals surface area contributed by atoms with E-state index in [-0.39, 0.29) is 6.03 Å². The third-order valence-electron chi connectivity index (χ3n) is 4.98. The van der Waals surface area contributed by atoms with Gasteiger partial charge in [0.15, 0.2) is 0 Å². The Morgan fingerprint density at radius 3 is 2.43 bits per heavy atom. The molecule has 0 aliphatic carbocycles. The van der Waals surface area contributed by atoms with Crippen molar-refractivity contribution in [3.8, 4) is 0 Å². The third-order valence-corrected chi connectivity index (χ3v) is 4.98. The normalized spacial score (nSPS) is 14.1. The van der Waals surface area contributed by atoms with Gasteiger partial charge in [0, 0.05) is 51.3 Å². The monoisotopic (exact) mass is 376 g/mol. The lowest BCUT2D eigenvalue weighted by Gasteiger charge is -2.35. The molecule has 0 saturated carbocycles. The predicted octanol–water partition coefficient (Wildman–Crippen LogP) is 2.36. The molecule has 1 aliphatic rings. The van der Waals surface area contributed by atoms with Gasteiger partial charge in [-0.2, -0.15) is 5.10 Å². The first-order valence-electron chi connectivity index (χ1n) is 9.52. The van der Waals surface area contributed by atoms with Crippen LogP contribution in [-0.2, 0) is 13.1 Å². The van der Waals surface area contributed by atoms with Crippen molar-refractivity contribution in [3.05, 3.63) is 78.2 Å². The zero-order valence-electron chi connectivity index (χ0n) is 15.7. The molecule has 0 radical (unpaired) electrons. The van der Waals surface area contributed by atoms with Crippen molar-refractivity contribution in [1.82, 2.24) is 25.0 Å². The van der Waals surface area contributed by atoms with Crippen LogP contribution in [0.15, 0.2) is 67.1 Å². The standard InChI is InChI=1S/C21H24N6O/c28-21(26-14-12-25(13-15-26)20-8-3-4-9-22-20)23-16-18-6-1-2-7-19(18)17-27-11-5-10-24-27/h1-11H,12-17H2,(H,23,28). The van der Waals surface area contributed by atoms with Crippen LogP contribution in [0.4, 0.5) is 10.6 Å². The molecule has 0 spiro atoms. The summed E-state index contributed by atoms with van der Waals surface area (Å²) < 4.78 is 1.89. The van der Waals surface area contributed by atoms with Crippen LogP contribution in [0.1, 0.15) is 11.1 Å². The van der Waals surface area contributed by atoms with Gasteiger partial charge in [-0.1, -0.05) is 30.3 Å². The van der Waals surface area contributed by atoms with Crippen molar-refractivity contribution in [2.24, 2.45) is 0 Å². The quantitative estimate of drug-likeness (QED) is 0.742. The number of anilines is 1. The van der Waals surface area contributed by atoms with E-state index in [0.29, 0.717) is 26.2 Å². The van der Waals surface area contributed by atoms with E-state index in [9.17, 15) is 4.79 Å². The second kappa shape index (κ2) is 8.56. The van der Waals surface area contributed by atoms with Crippen LogP contribution >= 0.6 is 0 Å². The van der Waals surface area contributed by atoms with Crippen LogP contribution in [-0.4, -0.2) is 51.9 Å². The van der Waals surface area contributed by atoms with Crippen LogP contribution in [0.3, 0.4) is 0 Å². The Hall–Kier alpha value is -3.35. The van der Waals surface area contributed by atoms with E-state index >= 15 is 0 Å². The van der Waals surface area contributed by atoms with Crippen LogP contribution in [0.2, 0.25) is 0 Å². The van der Waals surface area contributed by atoms with Gasteiger partial charge in [-0.3, -0.25) is 4.68 Å². The lowest BCUT2D eigenvalue weighted by molar-refractivity contribution is 0.194. The van der Waals surface area contributed by atoms with Gasteiger partial charge in [0.2, 0.25) is 0 Å². The Labute approximate surface area is 164 Å². The molecule has 3 aromatic rings. The molecule has 1 fully saturated rings. The van der Waals surface area contributed by atoms with Crippen molar-refractivity contribution in [3.63, 3.8) is 0 Å². The highest BCUT2D eigenvalue weighted by molar-refractivity contribution is 5.74. The van der Waals surface area contributed by atoms with E-state index in [1.807, 2.05) is 52.2 Å². The van der Waals surface area contributed by atoms with Crippen molar-refractivity contribution in [2.75, 3.05) is 31.1 Å². The van der Waals surface area contributed by atoms with Gasteiger partial charge in [0.1, 0.15) is 5.82 Å². The van der Waals surface area contributed by atoms with Gasteiger partial charge in [0.25, 0.3) is 0 Å². The summed E-state index contributed by atoms with van der Waals surface area (Å²) in [6.07, 6.45) is 5.51. The number of carbonyl (C=O) groups is 1. The first kappa shape index (κ1) is 18.0. The molecule has 1 N–H and O–H groups in total. The molecule has 1 aliphatic heterocycles. The van der Waals surface area contributed by atoms with Gasteiger partial charge in [-0.25, -0.2) is 9.78 Å². The average molecular weight is 376 g/mol. The Morgan fingerprint density at radius 2 is 1.71 bits per heavy atom. The number of aromatic nitrogens is 3. The Balaban J connectivity index is 1.31. The predicted molar refractivity (Wildman–Crippen MR) is 108 cm³/mol. The maximum atomic E-state index is 12.6. The molecule has 7 nitrogen and oxygen atoms in total. The molecule has 144 valence electrons. The SMILES string of the molecule is O=C(NCc1ccccc1Cn1cccn1)N1CCN(c2ccccn2)CC1. The lowest BCUT2D eigenvalue weighted by Crippen LogP contribution is -2.51. The van der Waals surface area contributed by atoms with Crippen LogP contribution in [0.5, 0.6) is 0 Å². The zero-order chi connectivity index (χ0) is 19.2. The molecule has 0 atom stereocenters. The summed E-state index contributed by atoms with van der Waals surface area (Å²) in [6, 6.07) is 15.9. The van der Waals surface area contributed by atoms with E-state index in [2.05, 4.69) is 32.4 Å². The minimum atomic E-state index is -0.0189. The molecule has 2 amide bonds. The van der Waals surface area contributed by atoms with E-state index < -0.39 is 0 Å². The van der Waals surface area contributed by atoms with Gasteiger partial charge >= 0.3 is 6.03 Å². The molecule has 4 rings (SSSR count). The van der Waals surface area contributed by atoms with Crippen molar-refractivity contribution in [1.29, 1.82) is 0 Å². The number of nitrogens with zero attached hydrogens (tertiary/aromatic N) is 5. The molecular formula is C21H24N6O. The highest BCUT2D eigenvalue weighted by Crippen LogP contribution is 2.13. The molecule has 28 heavy (non-hydrogen) atoms. The fourth-order valence-corrected chi connectivity index (χ4v) is 3.41. The minimum Gasteiger partial charge on any atom is -0.353 e. The summed E-state index contributed by atoms with van der Waals surface area (Å²) in [6.45, 7) is 4.17. The van der Waals surface area contributed by atoms with Crippen molar-refractivity contribution >= 4 is 11.8 Å². The molecule has 1 aromatic carbocycles. The molecule has 0 bridgehead atoms. The fraction of sp³-hybridized carbons (Fsp3) is 0.286. The number of hydrogen-bond acceptors (Lipinski definition) is 4. The molecule has 0 unspecified atom stereocenters. The maximum Gasteiger partial charge on any atom is 0.317 e. The van der Waals surface area contributed by atoms with Crippen LogP contribution < -0.4 is 10.2 Å². The van der Waals surface area contributed by atoms with Crippen molar-refractivity contribution in [2.45, 2.75) is 13.1 Å². The highest BCUT2D eigenvalue weighted by atomic mass is 16.2. The van der Waals surface area contributed by atoms with E-state index in [0.717, 1.165) is 30.0 Å². The number of pyridine rings is 1. The number of hydrogen-bond donors (Lipinski definition) is 1. The first-order valence-corrected chi connectivity index (χ1v) is 9.52. The molecule has 3 heterocycles. The number of nitrogens with one attached hydrogen (secondary N) is 1. The smallest absolute Gasteiger partial charge is 0.317 e. The molecule has 1 saturated heterocycles. The summed E-state index contributed by atoms with van der Waals surface area (Å²) >= 11 is 0. The van der Waals surface area contributed by atoms with Gasteiger partial charge in [-0.15, -0.1) is 0 Å². The summed E-state index contributed by atoms with van der Waals surface area (Å²) in [5, 5.41) is 7.33. The topological polar surface area (TPSA) is 66.3 Å². The van der Waals surface area contributed by atoms with Crippen LogP contribution in [0.25, 0.3) is 0 Å². The number of amides is 2. The lowest BCUT2D eigenvalue weighted by atomic mass is 10.1. The first-order chi connectivity index (χ1) is 13.8. The molecule has 7 heteroatoms. The summed E-state index contributed by atoms with van der Waals surface area (Å²) in [4.78, 5) is 21.1. The number of carbonyl (C=O) groups excluding carboxylic acids is 1. The zero-order valence-corrected chi connectivity index (χ0v) is 15.7. The van der Waals surface area contributed by atoms with Crippen LogP contribution in [0, 0.1) is 0 Å². The Kier molecular flexibility index (Phi) is 5.51. The largest absolute Gasteiger partial charge is 0.353 e. The number of benzene rings is 1. The summed E-state index contributed by atoms with van der Waals surface area (Å²) in [7, 11) is 0. The second-order valence-corrected chi connectivity index (χ2v) is 6.79. The van der Waals surface area contributed by atoms with E-state index in [1.165, 1.54) is 0 Å². The Bertz CT molecular complexity index is 888. The Morgan fingerprint density at radius 1 is 0.929 bits per heavy atom. The minimum absolute atomic E-state index is 0.0189. The third kappa shape index (κ3) is 4.31. The number of rotatable bonds is 5. The second-order valence-electron chi connectivity index (χ2n) is 6.79.